The average molecular weight is 262 g/mol. The van der Waals surface area contributed by atoms with Gasteiger partial charge in [0.25, 0.3) is 0 Å². The van der Waals surface area contributed by atoms with Gasteiger partial charge in [0.05, 0.1) is 12.8 Å². The quantitative estimate of drug-likeness (QED) is 0.901. The first-order valence-electron chi connectivity index (χ1n) is 7.32. The van der Waals surface area contributed by atoms with Gasteiger partial charge in [-0.25, -0.2) is 0 Å². The van der Waals surface area contributed by atoms with Crippen LogP contribution >= 0.6 is 0 Å². The summed E-state index contributed by atoms with van der Waals surface area (Å²) in [4.78, 5) is 4.29. The fourth-order valence-electron chi connectivity index (χ4n) is 2.65. The first-order valence-corrected chi connectivity index (χ1v) is 7.32. The molecule has 1 fully saturated rings. The van der Waals surface area contributed by atoms with Gasteiger partial charge < -0.3 is 10.5 Å². The van der Waals surface area contributed by atoms with Crippen molar-refractivity contribution < 1.29 is 4.74 Å². The average Bonchev–Trinajstić information content (AvgIpc) is 2.41. The summed E-state index contributed by atoms with van der Waals surface area (Å²) in [5.41, 5.74) is 7.92. The molecule has 0 atom stereocenters. The molecule has 19 heavy (non-hydrogen) atoms. The maximum absolute atomic E-state index is 6.60. The van der Waals surface area contributed by atoms with E-state index in [0.29, 0.717) is 5.41 Å². The largest absolute Gasteiger partial charge is 0.492 e. The molecule has 0 bridgehead atoms. The van der Waals surface area contributed by atoms with Crippen molar-refractivity contribution in [2.24, 2.45) is 11.1 Å². The van der Waals surface area contributed by atoms with Crippen molar-refractivity contribution in [1.82, 2.24) is 4.98 Å². The summed E-state index contributed by atoms with van der Waals surface area (Å²) >= 11 is 0. The van der Waals surface area contributed by atoms with E-state index in [9.17, 15) is 0 Å². The lowest BCUT2D eigenvalue weighted by Crippen LogP contribution is -2.42. The van der Waals surface area contributed by atoms with Crippen molar-refractivity contribution >= 4 is 0 Å². The van der Waals surface area contributed by atoms with Crippen LogP contribution in [0.15, 0.2) is 18.5 Å². The Morgan fingerprint density at radius 3 is 2.53 bits per heavy atom. The lowest BCUT2D eigenvalue weighted by Gasteiger charge is -2.41. The van der Waals surface area contributed by atoms with E-state index in [1.165, 1.54) is 12.8 Å². The Labute approximate surface area is 116 Å². The van der Waals surface area contributed by atoms with Crippen LogP contribution in [0.5, 0.6) is 5.75 Å². The number of ether oxygens (including phenoxy) is 1. The Hall–Kier alpha value is -1.09. The summed E-state index contributed by atoms with van der Waals surface area (Å²) in [5, 5.41) is 0. The molecule has 2 rings (SSSR count). The molecule has 1 aromatic heterocycles. The molecule has 0 saturated heterocycles. The van der Waals surface area contributed by atoms with E-state index in [-0.39, 0.29) is 5.54 Å². The molecule has 0 aliphatic heterocycles. The molecule has 1 aliphatic carbocycles. The highest BCUT2D eigenvalue weighted by Crippen LogP contribution is 2.43. The lowest BCUT2D eigenvalue weighted by atomic mass is 9.68. The van der Waals surface area contributed by atoms with E-state index < -0.39 is 0 Å². The van der Waals surface area contributed by atoms with Crippen molar-refractivity contribution in [3.8, 4) is 5.75 Å². The molecular formula is C16H26N2O. The molecule has 1 aromatic rings. The maximum Gasteiger partial charge on any atom is 0.137 e. The fourth-order valence-corrected chi connectivity index (χ4v) is 2.65. The fraction of sp³-hybridized carbons (Fsp3) is 0.688. The molecule has 0 spiro atoms. The van der Waals surface area contributed by atoms with Crippen molar-refractivity contribution in [3.05, 3.63) is 24.0 Å². The van der Waals surface area contributed by atoms with Gasteiger partial charge in [0, 0.05) is 11.7 Å². The van der Waals surface area contributed by atoms with Gasteiger partial charge in [-0.3, -0.25) is 4.98 Å². The standard InChI is InChI=1S/C16H26N2O/c1-4-9-19-14-10-13(11-18-12-14)16(17)7-5-15(2,3)6-8-16/h10-12H,4-9,17H2,1-3H3. The van der Waals surface area contributed by atoms with Crippen molar-refractivity contribution in [2.75, 3.05) is 6.61 Å². The first-order chi connectivity index (χ1) is 8.95. The lowest BCUT2D eigenvalue weighted by molar-refractivity contribution is 0.165. The third-order valence-electron chi connectivity index (χ3n) is 4.26. The van der Waals surface area contributed by atoms with E-state index in [1.807, 2.05) is 6.20 Å². The molecule has 3 heteroatoms. The smallest absolute Gasteiger partial charge is 0.137 e. The van der Waals surface area contributed by atoms with Crippen LogP contribution < -0.4 is 10.5 Å². The molecule has 1 heterocycles. The van der Waals surface area contributed by atoms with Crippen LogP contribution in [0.4, 0.5) is 0 Å². The normalized spacial score (nSPS) is 21.1. The second kappa shape index (κ2) is 5.49. The van der Waals surface area contributed by atoms with Gasteiger partial charge in [0.15, 0.2) is 0 Å². The second-order valence-electron chi connectivity index (χ2n) is 6.58. The Bertz CT molecular complexity index is 419. The van der Waals surface area contributed by atoms with Crippen molar-refractivity contribution in [3.63, 3.8) is 0 Å². The number of nitrogens with two attached hydrogens (primary N) is 1. The molecule has 106 valence electrons. The molecular weight excluding hydrogens is 236 g/mol. The molecule has 1 aliphatic rings. The molecule has 0 amide bonds. The third-order valence-corrected chi connectivity index (χ3v) is 4.26. The van der Waals surface area contributed by atoms with Crippen molar-refractivity contribution in [1.29, 1.82) is 0 Å². The second-order valence-corrected chi connectivity index (χ2v) is 6.58. The number of pyridine rings is 1. The zero-order chi connectivity index (χ0) is 13.9. The number of hydrogen-bond donors (Lipinski definition) is 1. The zero-order valence-corrected chi connectivity index (χ0v) is 12.4. The minimum absolute atomic E-state index is 0.228. The molecule has 0 radical (unpaired) electrons. The Morgan fingerprint density at radius 2 is 1.89 bits per heavy atom. The van der Waals surface area contributed by atoms with Gasteiger partial charge in [-0.15, -0.1) is 0 Å². The molecule has 3 nitrogen and oxygen atoms in total. The Morgan fingerprint density at radius 1 is 1.21 bits per heavy atom. The van der Waals surface area contributed by atoms with Gasteiger partial charge >= 0.3 is 0 Å². The van der Waals surface area contributed by atoms with Crippen molar-refractivity contribution in [2.45, 2.75) is 58.4 Å². The summed E-state index contributed by atoms with van der Waals surface area (Å²) in [6.45, 7) is 7.48. The van der Waals surface area contributed by atoms with Crippen LogP contribution in [0.1, 0.15) is 58.4 Å². The summed E-state index contributed by atoms with van der Waals surface area (Å²) in [5.74, 6) is 0.842. The SMILES string of the molecule is CCCOc1cncc(C2(N)CCC(C)(C)CC2)c1. The van der Waals surface area contributed by atoms with Gasteiger partial charge in [0.1, 0.15) is 5.75 Å². The van der Waals surface area contributed by atoms with Crippen LogP contribution in [0, 0.1) is 5.41 Å². The number of aromatic nitrogens is 1. The minimum Gasteiger partial charge on any atom is -0.492 e. The van der Waals surface area contributed by atoms with Crippen LogP contribution in [-0.4, -0.2) is 11.6 Å². The summed E-state index contributed by atoms with van der Waals surface area (Å²) in [7, 11) is 0. The van der Waals surface area contributed by atoms with Crippen LogP contribution in [0.3, 0.4) is 0 Å². The number of nitrogens with zero attached hydrogens (tertiary/aromatic N) is 1. The number of hydrogen-bond acceptors (Lipinski definition) is 3. The van der Waals surface area contributed by atoms with Crippen LogP contribution in [-0.2, 0) is 5.54 Å². The van der Waals surface area contributed by atoms with Gasteiger partial charge in [-0.2, -0.15) is 0 Å². The van der Waals surface area contributed by atoms with E-state index >= 15 is 0 Å². The summed E-state index contributed by atoms with van der Waals surface area (Å²) < 4.78 is 5.65. The van der Waals surface area contributed by atoms with E-state index in [4.69, 9.17) is 10.5 Å². The molecule has 0 unspecified atom stereocenters. The molecule has 1 saturated carbocycles. The topological polar surface area (TPSA) is 48.1 Å². The highest BCUT2D eigenvalue weighted by Gasteiger charge is 2.36. The number of rotatable bonds is 4. The van der Waals surface area contributed by atoms with Crippen LogP contribution in [0.2, 0.25) is 0 Å². The Kier molecular flexibility index (Phi) is 4.14. The molecule has 2 N–H and O–H groups in total. The summed E-state index contributed by atoms with van der Waals surface area (Å²) in [6.07, 6.45) is 9.07. The maximum atomic E-state index is 6.60. The first kappa shape index (κ1) is 14.3. The van der Waals surface area contributed by atoms with Gasteiger partial charge in [-0.1, -0.05) is 20.8 Å². The van der Waals surface area contributed by atoms with E-state index in [0.717, 1.165) is 37.2 Å². The zero-order valence-electron chi connectivity index (χ0n) is 12.4. The third kappa shape index (κ3) is 3.47. The van der Waals surface area contributed by atoms with E-state index in [1.54, 1.807) is 6.20 Å². The predicted octanol–water partition coefficient (Wildman–Crippen LogP) is 3.62. The minimum atomic E-state index is -0.228. The monoisotopic (exact) mass is 262 g/mol. The van der Waals surface area contributed by atoms with Gasteiger partial charge in [0.2, 0.25) is 0 Å². The highest BCUT2D eigenvalue weighted by molar-refractivity contribution is 5.29. The summed E-state index contributed by atoms with van der Waals surface area (Å²) in [6, 6.07) is 2.07. The van der Waals surface area contributed by atoms with Crippen LogP contribution in [0.25, 0.3) is 0 Å². The van der Waals surface area contributed by atoms with Gasteiger partial charge in [-0.05, 0) is 49.1 Å². The predicted molar refractivity (Wildman–Crippen MR) is 78.1 cm³/mol. The Balaban J connectivity index is 2.12. The highest BCUT2D eigenvalue weighted by atomic mass is 16.5. The molecule has 0 aromatic carbocycles. The van der Waals surface area contributed by atoms with E-state index in [2.05, 4.69) is 31.8 Å².